The number of rotatable bonds is 5. The lowest BCUT2D eigenvalue weighted by atomic mass is 10.1. The van der Waals surface area contributed by atoms with E-state index in [9.17, 15) is 4.39 Å². The maximum absolute atomic E-state index is 12.9. The van der Waals surface area contributed by atoms with Crippen LogP contribution in [0.4, 0.5) is 4.39 Å². The van der Waals surface area contributed by atoms with Crippen molar-refractivity contribution in [3.05, 3.63) is 65.7 Å². The fraction of sp³-hybridized carbons (Fsp3) is 0.214. The quantitative estimate of drug-likeness (QED) is 0.798. The molecule has 2 aromatic rings. The molecule has 3 heteroatoms. The van der Waals surface area contributed by atoms with Crippen LogP contribution in [0.2, 0.25) is 0 Å². The van der Waals surface area contributed by atoms with Crippen molar-refractivity contribution in [1.82, 2.24) is 10.3 Å². The molecule has 0 saturated heterocycles. The Morgan fingerprint density at radius 2 is 1.88 bits per heavy atom. The minimum Gasteiger partial charge on any atom is -0.312 e. The first-order valence-electron chi connectivity index (χ1n) is 5.68. The van der Waals surface area contributed by atoms with Crippen LogP contribution < -0.4 is 5.32 Å². The van der Waals surface area contributed by atoms with Crippen molar-refractivity contribution in [2.75, 3.05) is 6.54 Å². The first-order chi connectivity index (χ1) is 8.34. The number of benzene rings is 1. The van der Waals surface area contributed by atoms with Crippen molar-refractivity contribution < 1.29 is 4.39 Å². The second-order valence-corrected chi connectivity index (χ2v) is 3.91. The van der Waals surface area contributed by atoms with Gasteiger partial charge in [0.25, 0.3) is 0 Å². The highest BCUT2D eigenvalue weighted by Crippen LogP contribution is 2.03. The average molecular weight is 230 g/mol. The lowest BCUT2D eigenvalue weighted by Crippen LogP contribution is -2.16. The van der Waals surface area contributed by atoms with Crippen LogP contribution >= 0.6 is 0 Å². The summed E-state index contributed by atoms with van der Waals surface area (Å²) >= 11 is 0. The van der Waals surface area contributed by atoms with Crippen LogP contribution in [-0.2, 0) is 13.0 Å². The van der Waals surface area contributed by atoms with Crippen molar-refractivity contribution in [3.8, 4) is 0 Å². The first-order valence-corrected chi connectivity index (χ1v) is 5.68. The summed E-state index contributed by atoms with van der Waals surface area (Å²) in [6.07, 6.45) is 4.40. The zero-order valence-corrected chi connectivity index (χ0v) is 9.57. The highest BCUT2D eigenvalue weighted by atomic mass is 19.1. The molecule has 1 aromatic carbocycles. The standard InChI is InChI=1S/C14H15FN2/c15-14-3-1-2-12(10-14)4-9-17-11-13-5-7-16-8-6-13/h1-3,5-8,10,17H,4,9,11H2. The van der Waals surface area contributed by atoms with Gasteiger partial charge in [0.05, 0.1) is 0 Å². The van der Waals surface area contributed by atoms with E-state index in [-0.39, 0.29) is 5.82 Å². The first kappa shape index (κ1) is 11.7. The Hall–Kier alpha value is -1.74. The maximum atomic E-state index is 12.9. The molecule has 0 saturated carbocycles. The third-order valence-electron chi connectivity index (χ3n) is 2.56. The van der Waals surface area contributed by atoms with Gasteiger partial charge in [-0.05, 0) is 48.4 Å². The van der Waals surface area contributed by atoms with Crippen LogP contribution in [0.3, 0.4) is 0 Å². The van der Waals surface area contributed by atoms with Gasteiger partial charge in [0.1, 0.15) is 5.82 Å². The third kappa shape index (κ3) is 3.96. The van der Waals surface area contributed by atoms with Gasteiger partial charge >= 0.3 is 0 Å². The van der Waals surface area contributed by atoms with Gasteiger partial charge in [-0.15, -0.1) is 0 Å². The van der Waals surface area contributed by atoms with Crippen LogP contribution in [0.5, 0.6) is 0 Å². The van der Waals surface area contributed by atoms with E-state index in [0.29, 0.717) is 0 Å². The van der Waals surface area contributed by atoms with Gasteiger partial charge in [-0.3, -0.25) is 4.98 Å². The lowest BCUT2D eigenvalue weighted by molar-refractivity contribution is 0.622. The van der Waals surface area contributed by atoms with Crippen molar-refractivity contribution in [3.63, 3.8) is 0 Å². The normalized spacial score (nSPS) is 10.4. The fourth-order valence-electron chi connectivity index (χ4n) is 1.66. The van der Waals surface area contributed by atoms with Gasteiger partial charge in [0.15, 0.2) is 0 Å². The number of hydrogen-bond acceptors (Lipinski definition) is 2. The predicted molar refractivity (Wildman–Crippen MR) is 66.0 cm³/mol. The SMILES string of the molecule is Fc1cccc(CCNCc2ccncc2)c1. The number of nitrogens with one attached hydrogen (secondary N) is 1. The zero-order valence-electron chi connectivity index (χ0n) is 9.57. The second-order valence-electron chi connectivity index (χ2n) is 3.91. The molecular weight excluding hydrogens is 215 g/mol. The third-order valence-corrected chi connectivity index (χ3v) is 2.56. The average Bonchev–Trinajstić information content (AvgIpc) is 2.36. The minimum atomic E-state index is -0.170. The summed E-state index contributed by atoms with van der Waals surface area (Å²) in [4.78, 5) is 3.96. The molecule has 0 aliphatic heterocycles. The van der Waals surface area contributed by atoms with Gasteiger partial charge in [-0.25, -0.2) is 4.39 Å². The molecule has 0 amide bonds. The van der Waals surface area contributed by atoms with E-state index < -0.39 is 0 Å². The molecule has 2 rings (SSSR count). The molecule has 0 unspecified atom stereocenters. The fourth-order valence-corrected chi connectivity index (χ4v) is 1.66. The summed E-state index contributed by atoms with van der Waals surface area (Å²) in [6.45, 7) is 1.66. The number of aromatic nitrogens is 1. The summed E-state index contributed by atoms with van der Waals surface area (Å²) in [6, 6.07) is 10.7. The molecule has 1 aromatic heterocycles. The van der Waals surface area contributed by atoms with Crippen LogP contribution in [0.15, 0.2) is 48.8 Å². The molecule has 0 fully saturated rings. The van der Waals surface area contributed by atoms with Gasteiger partial charge in [-0.2, -0.15) is 0 Å². The molecule has 88 valence electrons. The van der Waals surface area contributed by atoms with E-state index in [2.05, 4.69) is 10.3 Å². The molecule has 17 heavy (non-hydrogen) atoms. The van der Waals surface area contributed by atoms with E-state index in [1.807, 2.05) is 18.2 Å². The van der Waals surface area contributed by atoms with Crippen molar-refractivity contribution in [2.45, 2.75) is 13.0 Å². The monoisotopic (exact) mass is 230 g/mol. The van der Waals surface area contributed by atoms with Crippen LogP contribution in [-0.4, -0.2) is 11.5 Å². The van der Waals surface area contributed by atoms with E-state index in [1.165, 1.54) is 11.6 Å². The Kier molecular flexibility index (Phi) is 4.22. The molecule has 2 nitrogen and oxygen atoms in total. The van der Waals surface area contributed by atoms with Crippen LogP contribution in [0, 0.1) is 5.82 Å². The van der Waals surface area contributed by atoms with Gasteiger partial charge < -0.3 is 5.32 Å². The van der Waals surface area contributed by atoms with E-state index in [0.717, 1.165) is 25.1 Å². The molecule has 1 heterocycles. The topological polar surface area (TPSA) is 24.9 Å². The highest BCUT2D eigenvalue weighted by Gasteiger charge is 1.95. The second kappa shape index (κ2) is 6.11. The smallest absolute Gasteiger partial charge is 0.123 e. The van der Waals surface area contributed by atoms with E-state index in [1.54, 1.807) is 24.5 Å². The molecule has 0 aliphatic rings. The Bertz CT molecular complexity index is 457. The van der Waals surface area contributed by atoms with Gasteiger partial charge in [0.2, 0.25) is 0 Å². The Labute approximate surface area is 101 Å². The van der Waals surface area contributed by atoms with Gasteiger partial charge in [-0.1, -0.05) is 12.1 Å². The number of halogens is 1. The van der Waals surface area contributed by atoms with E-state index >= 15 is 0 Å². The number of nitrogens with zero attached hydrogens (tertiary/aromatic N) is 1. The maximum Gasteiger partial charge on any atom is 0.123 e. The highest BCUT2D eigenvalue weighted by molar-refractivity contribution is 5.16. The van der Waals surface area contributed by atoms with Gasteiger partial charge in [0, 0.05) is 18.9 Å². The molecule has 0 aliphatic carbocycles. The van der Waals surface area contributed by atoms with Crippen LogP contribution in [0.25, 0.3) is 0 Å². The van der Waals surface area contributed by atoms with Crippen molar-refractivity contribution in [2.24, 2.45) is 0 Å². The summed E-state index contributed by atoms with van der Waals surface area (Å²) in [5.74, 6) is -0.170. The molecule has 1 N–H and O–H groups in total. The largest absolute Gasteiger partial charge is 0.312 e. The van der Waals surface area contributed by atoms with Crippen molar-refractivity contribution >= 4 is 0 Å². The van der Waals surface area contributed by atoms with E-state index in [4.69, 9.17) is 0 Å². The number of pyridine rings is 1. The zero-order chi connectivity index (χ0) is 11.9. The summed E-state index contributed by atoms with van der Waals surface area (Å²) < 4.78 is 12.9. The van der Waals surface area contributed by atoms with Crippen molar-refractivity contribution in [1.29, 1.82) is 0 Å². The minimum absolute atomic E-state index is 0.170. The molecule has 0 spiro atoms. The summed E-state index contributed by atoms with van der Waals surface area (Å²) in [5.41, 5.74) is 2.23. The Morgan fingerprint density at radius 3 is 2.65 bits per heavy atom. The Morgan fingerprint density at radius 1 is 1.06 bits per heavy atom. The predicted octanol–water partition coefficient (Wildman–Crippen LogP) is 2.55. The summed E-state index contributed by atoms with van der Waals surface area (Å²) in [7, 11) is 0. The van der Waals surface area contributed by atoms with Crippen LogP contribution in [0.1, 0.15) is 11.1 Å². The number of hydrogen-bond donors (Lipinski definition) is 1. The Balaban J connectivity index is 1.73. The molecular formula is C14H15FN2. The summed E-state index contributed by atoms with van der Waals surface area (Å²) in [5, 5.41) is 3.32. The molecule has 0 atom stereocenters. The molecule has 0 radical (unpaired) electrons. The lowest BCUT2D eigenvalue weighted by Gasteiger charge is -2.05. The molecule has 0 bridgehead atoms.